The van der Waals surface area contributed by atoms with Gasteiger partial charge in [-0.25, -0.2) is 9.78 Å². The standard InChI is InChI=1S/C27H22N3O3/c1-2-17-32-27(31)25-23(14-15-24(33-25)19-9-4-3-5-10-19)30-22-13-7-6-11-20(22)18-29-21-12-8-16-28-26(21)30/h3-16,18,25H,1-2,17H2. The van der Waals surface area contributed by atoms with Gasteiger partial charge >= 0.3 is 5.97 Å². The Morgan fingerprint density at radius 2 is 1.85 bits per heavy atom. The average Bonchev–Trinajstić information content (AvgIpc) is 3.04. The Kier molecular flexibility index (Phi) is 5.72. The summed E-state index contributed by atoms with van der Waals surface area (Å²) in [7, 11) is 0. The van der Waals surface area contributed by atoms with Crippen LogP contribution in [0.15, 0.2) is 95.8 Å². The maximum Gasteiger partial charge on any atom is 0.353 e. The Morgan fingerprint density at radius 3 is 2.70 bits per heavy atom. The largest absolute Gasteiger partial charge is 0.472 e. The van der Waals surface area contributed by atoms with E-state index in [1.165, 1.54) is 0 Å². The molecule has 5 rings (SSSR count). The third-order valence-corrected chi connectivity index (χ3v) is 5.34. The minimum Gasteiger partial charge on any atom is -0.472 e. The summed E-state index contributed by atoms with van der Waals surface area (Å²) in [5, 5.41) is 0. The van der Waals surface area contributed by atoms with E-state index in [4.69, 9.17) is 9.47 Å². The van der Waals surface area contributed by atoms with Crippen LogP contribution in [0.5, 0.6) is 0 Å². The molecule has 0 saturated heterocycles. The summed E-state index contributed by atoms with van der Waals surface area (Å²) in [6, 6.07) is 21.2. The number of aliphatic imine (C=N–C) groups is 1. The topological polar surface area (TPSA) is 64.0 Å². The van der Waals surface area contributed by atoms with Crippen molar-refractivity contribution < 1.29 is 14.3 Å². The molecule has 1 unspecified atom stereocenters. The van der Waals surface area contributed by atoms with Gasteiger partial charge in [0.1, 0.15) is 11.4 Å². The van der Waals surface area contributed by atoms with Crippen LogP contribution in [0.3, 0.4) is 0 Å². The van der Waals surface area contributed by atoms with Crippen LogP contribution < -0.4 is 4.90 Å². The van der Waals surface area contributed by atoms with Gasteiger partial charge in [-0.2, -0.15) is 0 Å². The number of allylic oxidation sites excluding steroid dienone is 2. The van der Waals surface area contributed by atoms with E-state index in [1.54, 1.807) is 12.4 Å². The van der Waals surface area contributed by atoms with E-state index < -0.39 is 12.1 Å². The number of rotatable bonds is 5. The number of hydrogen-bond donors (Lipinski definition) is 0. The van der Waals surface area contributed by atoms with E-state index in [2.05, 4.69) is 16.9 Å². The van der Waals surface area contributed by atoms with Gasteiger partial charge in [0, 0.05) is 23.5 Å². The van der Waals surface area contributed by atoms with E-state index in [9.17, 15) is 4.79 Å². The number of esters is 1. The van der Waals surface area contributed by atoms with E-state index in [0.29, 0.717) is 29.4 Å². The average molecular weight is 436 g/mol. The second kappa shape index (κ2) is 9.12. The van der Waals surface area contributed by atoms with Gasteiger partial charge in [-0.15, -0.1) is 0 Å². The van der Waals surface area contributed by atoms with Gasteiger partial charge in [0.15, 0.2) is 5.82 Å². The summed E-state index contributed by atoms with van der Waals surface area (Å²) in [6.07, 6.45) is 6.76. The van der Waals surface area contributed by atoms with Crippen LogP contribution in [0.4, 0.5) is 17.2 Å². The van der Waals surface area contributed by atoms with Crippen LogP contribution in [0.1, 0.15) is 17.5 Å². The number of nitrogens with zero attached hydrogens (tertiary/aromatic N) is 3. The smallest absolute Gasteiger partial charge is 0.353 e. The number of para-hydroxylation sites is 1. The summed E-state index contributed by atoms with van der Waals surface area (Å²) < 4.78 is 11.7. The van der Waals surface area contributed by atoms with Crippen molar-refractivity contribution in [2.24, 2.45) is 4.99 Å². The molecule has 33 heavy (non-hydrogen) atoms. The first-order valence-electron chi connectivity index (χ1n) is 10.7. The molecule has 1 aromatic heterocycles. The van der Waals surface area contributed by atoms with Crippen LogP contribution in [0.25, 0.3) is 5.76 Å². The molecule has 1 radical (unpaired) electrons. The molecule has 6 nitrogen and oxygen atoms in total. The fourth-order valence-corrected chi connectivity index (χ4v) is 3.83. The van der Waals surface area contributed by atoms with Crippen molar-refractivity contribution in [1.82, 2.24) is 4.98 Å². The van der Waals surface area contributed by atoms with Gasteiger partial charge < -0.3 is 9.47 Å². The van der Waals surface area contributed by atoms with Gasteiger partial charge in [-0.05, 0) is 43.7 Å². The van der Waals surface area contributed by atoms with Gasteiger partial charge in [-0.1, -0.05) is 48.5 Å². The summed E-state index contributed by atoms with van der Waals surface area (Å²) in [4.78, 5) is 24.3. The molecule has 0 bridgehead atoms. The number of anilines is 2. The zero-order chi connectivity index (χ0) is 22.6. The first-order chi connectivity index (χ1) is 16.3. The van der Waals surface area contributed by atoms with E-state index in [-0.39, 0.29) is 6.61 Å². The molecule has 1 atom stereocenters. The zero-order valence-corrected chi connectivity index (χ0v) is 17.9. The predicted octanol–water partition coefficient (Wildman–Crippen LogP) is 5.37. The molecule has 0 saturated carbocycles. The van der Waals surface area contributed by atoms with Crippen molar-refractivity contribution in [3.05, 3.63) is 109 Å². The first-order valence-corrected chi connectivity index (χ1v) is 10.7. The molecular formula is C27H22N3O3. The zero-order valence-electron chi connectivity index (χ0n) is 17.9. The number of ether oxygens (including phenoxy) is 2. The molecule has 2 aliphatic rings. The van der Waals surface area contributed by atoms with Gasteiger partial charge in [0.2, 0.25) is 6.10 Å². The molecule has 3 heterocycles. The lowest BCUT2D eigenvalue weighted by atomic mass is 10.1. The quantitative estimate of drug-likeness (QED) is 0.503. The predicted molar refractivity (Wildman–Crippen MR) is 128 cm³/mol. The highest BCUT2D eigenvalue weighted by Crippen LogP contribution is 2.42. The lowest BCUT2D eigenvalue weighted by molar-refractivity contribution is -0.151. The highest BCUT2D eigenvalue weighted by Gasteiger charge is 2.36. The van der Waals surface area contributed by atoms with Crippen LogP contribution in [0.2, 0.25) is 0 Å². The highest BCUT2D eigenvalue weighted by atomic mass is 16.6. The van der Waals surface area contributed by atoms with E-state index in [1.807, 2.05) is 83.8 Å². The second-order valence-corrected chi connectivity index (χ2v) is 7.51. The fourth-order valence-electron chi connectivity index (χ4n) is 3.83. The highest BCUT2D eigenvalue weighted by molar-refractivity contribution is 5.97. The maximum atomic E-state index is 13.2. The minimum absolute atomic E-state index is 0.213. The third-order valence-electron chi connectivity index (χ3n) is 5.34. The molecule has 2 aliphatic heterocycles. The normalized spacial score (nSPS) is 16.5. The number of fused-ring (bicyclic) bond motifs is 2. The lowest BCUT2D eigenvalue weighted by Gasteiger charge is -2.33. The Balaban J connectivity index is 1.66. The molecule has 0 N–H and O–H groups in total. The minimum atomic E-state index is -0.988. The molecular weight excluding hydrogens is 414 g/mol. The molecule has 2 aromatic carbocycles. The van der Waals surface area contributed by atoms with Crippen molar-refractivity contribution in [3.63, 3.8) is 0 Å². The summed E-state index contributed by atoms with van der Waals surface area (Å²) in [5.41, 5.74) is 3.92. The van der Waals surface area contributed by atoms with Crippen molar-refractivity contribution in [1.29, 1.82) is 0 Å². The summed E-state index contributed by atoms with van der Waals surface area (Å²) in [6.45, 7) is 3.98. The number of carbonyl (C=O) groups is 1. The van der Waals surface area contributed by atoms with E-state index >= 15 is 0 Å². The maximum absolute atomic E-state index is 13.2. The molecule has 0 spiro atoms. The van der Waals surface area contributed by atoms with Gasteiger partial charge in [0.25, 0.3) is 0 Å². The molecule has 0 amide bonds. The van der Waals surface area contributed by atoms with Crippen LogP contribution >= 0.6 is 0 Å². The monoisotopic (exact) mass is 436 g/mol. The van der Waals surface area contributed by atoms with Crippen molar-refractivity contribution >= 4 is 35.1 Å². The molecule has 6 heteroatoms. The van der Waals surface area contributed by atoms with Crippen LogP contribution in [-0.4, -0.2) is 29.9 Å². The Hall–Kier alpha value is -4.19. The fraction of sp³-hybridized carbons (Fsp3) is 0.111. The number of benzene rings is 2. The molecule has 3 aromatic rings. The number of carbonyl (C=O) groups excluding carboxylic acids is 1. The first kappa shape index (κ1) is 20.7. The molecule has 0 aliphatic carbocycles. The van der Waals surface area contributed by atoms with Crippen molar-refractivity contribution in [3.8, 4) is 0 Å². The van der Waals surface area contributed by atoms with E-state index in [0.717, 1.165) is 16.8 Å². The van der Waals surface area contributed by atoms with Gasteiger partial charge in [-0.3, -0.25) is 9.89 Å². The summed E-state index contributed by atoms with van der Waals surface area (Å²) >= 11 is 0. The Bertz CT molecular complexity index is 1210. The molecule has 0 fully saturated rings. The number of pyridine rings is 1. The lowest BCUT2D eigenvalue weighted by Crippen LogP contribution is -2.37. The van der Waals surface area contributed by atoms with Crippen molar-refractivity contribution in [2.75, 3.05) is 11.5 Å². The van der Waals surface area contributed by atoms with Crippen LogP contribution in [0, 0.1) is 6.92 Å². The molecule has 163 valence electrons. The number of hydrogen-bond acceptors (Lipinski definition) is 6. The van der Waals surface area contributed by atoms with Gasteiger partial charge in [0.05, 0.1) is 18.0 Å². The SMILES string of the molecule is [CH2]CCOC(=O)C1OC(c2ccccc2)=CC=C1N1c2ccccc2C=Nc2cccnc21. The van der Waals surface area contributed by atoms with Crippen molar-refractivity contribution in [2.45, 2.75) is 12.5 Å². The Morgan fingerprint density at radius 1 is 1.03 bits per heavy atom. The third kappa shape index (κ3) is 4.03. The van der Waals surface area contributed by atoms with Crippen LogP contribution in [-0.2, 0) is 14.3 Å². The second-order valence-electron chi connectivity index (χ2n) is 7.51. The Labute approximate surface area is 192 Å². The number of aromatic nitrogens is 1. The summed E-state index contributed by atoms with van der Waals surface area (Å²) in [5.74, 6) is 0.725.